The molecule has 0 saturated carbocycles. The first kappa shape index (κ1) is 17.2. The smallest absolute Gasteiger partial charge is 0.0208 e. The van der Waals surface area contributed by atoms with Crippen LogP contribution in [-0.4, -0.2) is 6.54 Å². The molecule has 0 unspecified atom stereocenters. The van der Waals surface area contributed by atoms with Crippen LogP contribution in [0.25, 0.3) is 0 Å². The summed E-state index contributed by atoms with van der Waals surface area (Å²) in [6.45, 7) is 10.2. The molecule has 1 heteroatoms. The van der Waals surface area contributed by atoms with Crippen LogP contribution < -0.4 is 5.32 Å². The van der Waals surface area contributed by atoms with Crippen molar-refractivity contribution >= 4 is 0 Å². The molecule has 1 N–H and O–H groups in total. The van der Waals surface area contributed by atoms with Crippen molar-refractivity contribution in [3.63, 3.8) is 0 Å². The Morgan fingerprint density at radius 3 is 2.57 bits per heavy atom. The molecule has 0 atom stereocenters. The molecule has 112 valence electrons. The van der Waals surface area contributed by atoms with Crippen molar-refractivity contribution in [2.75, 3.05) is 6.54 Å². The lowest BCUT2D eigenvalue weighted by Gasteiger charge is -2.06. The fourth-order valence-electron chi connectivity index (χ4n) is 2.00. The van der Waals surface area contributed by atoms with Crippen molar-refractivity contribution < 1.29 is 0 Å². The third-order valence-corrected chi connectivity index (χ3v) is 3.24. The third kappa shape index (κ3) is 7.48. The van der Waals surface area contributed by atoms with Crippen LogP contribution in [-0.2, 0) is 6.54 Å². The van der Waals surface area contributed by atoms with Crippen molar-refractivity contribution in [1.29, 1.82) is 0 Å². The minimum absolute atomic E-state index is 0.871. The molecule has 1 nitrogen and oxygen atoms in total. The normalized spacial score (nSPS) is 12.4. The largest absolute Gasteiger partial charge is 0.309 e. The SMILES string of the molecule is C=C(/C=C\C=C/CC)/C(=C/CNCc1ccccc1)CC. The predicted octanol–water partition coefficient (Wildman–Crippen LogP) is 5.19. The van der Waals surface area contributed by atoms with Gasteiger partial charge in [0.1, 0.15) is 0 Å². The Hall–Kier alpha value is -1.86. The second kappa shape index (κ2) is 10.9. The second-order valence-electron chi connectivity index (χ2n) is 4.92. The number of hydrogen-bond acceptors (Lipinski definition) is 1. The Kier molecular flexibility index (Phi) is 8.90. The molecular weight excluding hydrogens is 254 g/mol. The Morgan fingerprint density at radius 1 is 1.14 bits per heavy atom. The minimum atomic E-state index is 0.871. The number of hydrogen-bond donors (Lipinski definition) is 1. The van der Waals surface area contributed by atoms with Crippen LogP contribution >= 0.6 is 0 Å². The Balaban J connectivity index is 2.42. The van der Waals surface area contributed by atoms with Crippen LogP contribution in [0.2, 0.25) is 0 Å². The Labute approximate surface area is 129 Å². The summed E-state index contributed by atoms with van der Waals surface area (Å²) in [7, 11) is 0. The number of nitrogens with one attached hydrogen (secondary N) is 1. The predicted molar refractivity (Wildman–Crippen MR) is 94.2 cm³/mol. The zero-order valence-electron chi connectivity index (χ0n) is 13.3. The molecule has 1 aromatic carbocycles. The Morgan fingerprint density at radius 2 is 1.90 bits per heavy atom. The maximum absolute atomic E-state index is 4.14. The highest BCUT2D eigenvalue weighted by Crippen LogP contribution is 2.13. The van der Waals surface area contributed by atoms with E-state index in [1.165, 1.54) is 11.1 Å². The summed E-state index contributed by atoms with van der Waals surface area (Å²) >= 11 is 0. The van der Waals surface area contributed by atoms with E-state index in [2.05, 4.69) is 80.4 Å². The molecule has 0 amide bonds. The van der Waals surface area contributed by atoms with Gasteiger partial charge in [0.25, 0.3) is 0 Å². The summed E-state index contributed by atoms with van der Waals surface area (Å²) in [4.78, 5) is 0. The number of benzene rings is 1. The first-order valence-corrected chi connectivity index (χ1v) is 7.74. The maximum atomic E-state index is 4.14. The molecule has 0 aromatic heterocycles. The molecule has 1 rings (SSSR count). The topological polar surface area (TPSA) is 12.0 Å². The van der Waals surface area contributed by atoms with Gasteiger partial charge in [0.15, 0.2) is 0 Å². The van der Waals surface area contributed by atoms with Crippen molar-refractivity contribution in [3.05, 3.63) is 84.0 Å². The summed E-state index contributed by atoms with van der Waals surface area (Å²) in [5.74, 6) is 0. The Bertz CT molecular complexity index is 492. The van der Waals surface area contributed by atoms with Crippen LogP contribution in [0.5, 0.6) is 0 Å². The molecule has 0 fully saturated rings. The summed E-state index contributed by atoms with van der Waals surface area (Å²) in [5.41, 5.74) is 3.71. The van der Waals surface area contributed by atoms with Crippen molar-refractivity contribution in [2.24, 2.45) is 0 Å². The van der Waals surface area contributed by atoms with Gasteiger partial charge >= 0.3 is 0 Å². The standard InChI is InChI=1S/C20H27N/c1-4-6-7-9-12-18(3)20(5-2)15-16-21-17-19-13-10-8-11-14-19/h6-15,21H,3-5,16-17H2,1-2H3/b7-6-,12-9-,20-15+. The second-order valence-corrected chi connectivity index (χ2v) is 4.92. The van der Waals surface area contributed by atoms with E-state index in [9.17, 15) is 0 Å². The lowest BCUT2D eigenvalue weighted by atomic mass is 10.0. The summed E-state index contributed by atoms with van der Waals surface area (Å²) in [6.07, 6.45) is 12.7. The minimum Gasteiger partial charge on any atom is -0.309 e. The lowest BCUT2D eigenvalue weighted by Crippen LogP contribution is -2.13. The highest BCUT2D eigenvalue weighted by atomic mass is 14.8. The molecule has 0 aliphatic carbocycles. The quantitative estimate of drug-likeness (QED) is 0.485. The van der Waals surface area contributed by atoms with E-state index in [1.807, 2.05) is 6.07 Å². The van der Waals surface area contributed by atoms with Crippen LogP contribution in [0.3, 0.4) is 0 Å². The summed E-state index contributed by atoms with van der Waals surface area (Å²) < 4.78 is 0. The monoisotopic (exact) mass is 281 g/mol. The van der Waals surface area contributed by atoms with Gasteiger partial charge in [-0.3, -0.25) is 0 Å². The highest BCUT2D eigenvalue weighted by Gasteiger charge is 1.96. The van der Waals surface area contributed by atoms with Crippen LogP contribution in [0.1, 0.15) is 32.3 Å². The van der Waals surface area contributed by atoms with E-state index < -0.39 is 0 Å². The molecule has 0 radical (unpaired) electrons. The van der Waals surface area contributed by atoms with Gasteiger partial charge in [-0.05, 0) is 29.6 Å². The van der Waals surface area contributed by atoms with E-state index in [4.69, 9.17) is 0 Å². The molecule has 1 aromatic rings. The molecular formula is C20H27N. The number of allylic oxidation sites excluding steroid dienone is 6. The van der Waals surface area contributed by atoms with E-state index in [0.717, 1.165) is 31.5 Å². The van der Waals surface area contributed by atoms with E-state index in [0.29, 0.717) is 0 Å². The fraction of sp³-hybridized carbons (Fsp3) is 0.300. The average molecular weight is 281 g/mol. The van der Waals surface area contributed by atoms with Gasteiger partial charge in [0, 0.05) is 13.1 Å². The molecule has 0 aliphatic heterocycles. The van der Waals surface area contributed by atoms with Gasteiger partial charge in [-0.25, -0.2) is 0 Å². The van der Waals surface area contributed by atoms with E-state index >= 15 is 0 Å². The van der Waals surface area contributed by atoms with Gasteiger partial charge in [-0.15, -0.1) is 0 Å². The average Bonchev–Trinajstić information content (AvgIpc) is 2.52. The molecule has 21 heavy (non-hydrogen) atoms. The zero-order valence-corrected chi connectivity index (χ0v) is 13.3. The van der Waals surface area contributed by atoms with E-state index in [1.54, 1.807) is 0 Å². The summed E-state index contributed by atoms with van der Waals surface area (Å²) in [6, 6.07) is 10.5. The van der Waals surface area contributed by atoms with Crippen molar-refractivity contribution in [3.8, 4) is 0 Å². The molecule has 0 bridgehead atoms. The van der Waals surface area contributed by atoms with E-state index in [-0.39, 0.29) is 0 Å². The fourth-order valence-corrected chi connectivity index (χ4v) is 2.00. The third-order valence-electron chi connectivity index (χ3n) is 3.24. The maximum Gasteiger partial charge on any atom is 0.0208 e. The lowest BCUT2D eigenvalue weighted by molar-refractivity contribution is 0.756. The highest BCUT2D eigenvalue weighted by molar-refractivity contribution is 5.38. The van der Waals surface area contributed by atoms with Gasteiger partial charge < -0.3 is 5.32 Å². The summed E-state index contributed by atoms with van der Waals surface area (Å²) in [5, 5.41) is 3.44. The van der Waals surface area contributed by atoms with Crippen LogP contribution in [0.4, 0.5) is 0 Å². The van der Waals surface area contributed by atoms with Gasteiger partial charge in [-0.1, -0.05) is 81.1 Å². The first-order chi connectivity index (χ1) is 10.3. The van der Waals surface area contributed by atoms with Gasteiger partial charge in [0.2, 0.25) is 0 Å². The van der Waals surface area contributed by atoms with Crippen molar-refractivity contribution in [2.45, 2.75) is 33.2 Å². The van der Waals surface area contributed by atoms with Gasteiger partial charge in [-0.2, -0.15) is 0 Å². The van der Waals surface area contributed by atoms with Crippen LogP contribution in [0, 0.1) is 0 Å². The van der Waals surface area contributed by atoms with Gasteiger partial charge in [0.05, 0.1) is 0 Å². The number of rotatable bonds is 9. The first-order valence-electron chi connectivity index (χ1n) is 7.74. The zero-order chi connectivity index (χ0) is 15.3. The molecule has 0 saturated heterocycles. The molecule has 0 heterocycles. The van der Waals surface area contributed by atoms with Crippen LogP contribution in [0.15, 0.2) is 78.4 Å². The molecule has 0 spiro atoms. The van der Waals surface area contributed by atoms with Crippen molar-refractivity contribution in [1.82, 2.24) is 5.32 Å². The molecule has 0 aliphatic rings.